The summed E-state index contributed by atoms with van der Waals surface area (Å²) in [7, 11) is 1.36. The van der Waals surface area contributed by atoms with Crippen LogP contribution in [0.1, 0.15) is 26.2 Å². The van der Waals surface area contributed by atoms with E-state index >= 15 is 0 Å². The molecule has 0 aromatic carbocycles. The van der Waals surface area contributed by atoms with Gasteiger partial charge in [0.1, 0.15) is 7.28 Å². The molecule has 1 heteroatoms. The van der Waals surface area contributed by atoms with E-state index in [1.54, 1.807) is 0 Å². The summed E-state index contributed by atoms with van der Waals surface area (Å²) in [5.41, 5.74) is 0. The van der Waals surface area contributed by atoms with Crippen molar-refractivity contribution in [3.63, 3.8) is 0 Å². The van der Waals surface area contributed by atoms with Crippen molar-refractivity contribution in [2.75, 3.05) is 0 Å². The smallest absolute Gasteiger partial charge is 0.0893 e. The van der Waals surface area contributed by atoms with Crippen LogP contribution in [-0.2, 0) is 0 Å². The first kappa shape index (κ1) is 7.06. The predicted molar refractivity (Wildman–Crippen MR) is 37.3 cm³/mol. The minimum absolute atomic E-state index is 1.36. The average molecular weight is 98.0 g/mol. The molecule has 0 aromatic heterocycles. The third kappa shape index (κ3) is 6.06. The summed E-state index contributed by atoms with van der Waals surface area (Å²) < 4.78 is 0. The van der Waals surface area contributed by atoms with Gasteiger partial charge in [-0.2, -0.15) is 0 Å². The summed E-state index contributed by atoms with van der Waals surface area (Å²) in [5, 5.41) is 0. The Morgan fingerprint density at radius 3 is 2.43 bits per heavy atom. The van der Waals surface area contributed by atoms with E-state index < -0.39 is 0 Å². The third-order valence-corrected chi connectivity index (χ3v) is 1.21. The van der Waals surface area contributed by atoms with Crippen LogP contribution in [0.5, 0.6) is 0 Å². The summed E-state index contributed by atoms with van der Waals surface area (Å²) in [6.45, 7) is 4.49. The van der Waals surface area contributed by atoms with Crippen molar-refractivity contribution < 1.29 is 0 Å². The molecule has 0 fully saturated rings. The maximum Gasteiger partial charge on any atom is 0.117 e. The van der Waals surface area contributed by atoms with Gasteiger partial charge in [-0.3, -0.25) is 0 Å². The molecule has 0 saturated heterocycles. The molecule has 42 valence electrons. The lowest BCUT2D eigenvalue weighted by atomic mass is 9.76. The molecular weight excluding hydrogens is 82.9 g/mol. The highest BCUT2D eigenvalue weighted by atomic mass is 13.8. The second-order valence-corrected chi connectivity index (χ2v) is 2.06. The van der Waals surface area contributed by atoms with Gasteiger partial charge in [0.25, 0.3) is 0 Å². The van der Waals surface area contributed by atoms with Crippen LogP contribution < -0.4 is 0 Å². The number of unbranched alkanes of at least 4 members (excludes halogenated alkanes) is 2. The van der Waals surface area contributed by atoms with E-state index in [0.29, 0.717) is 0 Å². The molecule has 0 bridgehead atoms. The molecule has 0 amide bonds. The zero-order valence-corrected chi connectivity index (χ0v) is 5.54. The third-order valence-electron chi connectivity index (χ3n) is 1.21. The zero-order chi connectivity index (χ0) is 5.54. The van der Waals surface area contributed by atoms with Gasteiger partial charge in [0.2, 0.25) is 0 Å². The van der Waals surface area contributed by atoms with Gasteiger partial charge in [0.15, 0.2) is 0 Å². The molecule has 0 saturated carbocycles. The zero-order valence-electron chi connectivity index (χ0n) is 5.54. The van der Waals surface area contributed by atoms with Gasteiger partial charge in [-0.05, 0) is 0 Å². The molecule has 0 radical (unpaired) electrons. The van der Waals surface area contributed by atoms with E-state index in [4.69, 9.17) is 0 Å². The van der Waals surface area contributed by atoms with Gasteiger partial charge >= 0.3 is 0 Å². The number of rotatable bonds is 4. The van der Waals surface area contributed by atoms with Crippen LogP contribution in [0.25, 0.3) is 0 Å². The van der Waals surface area contributed by atoms with Gasteiger partial charge < -0.3 is 0 Å². The van der Waals surface area contributed by atoms with E-state index in [-0.39, 0.29) is 0 Å². The number of hydrogen-bond acceptors (Lipinski definition) is 0. The average Bonchev–Trinajstić information content (AvgIpc) is 1.69. The molecule has 0 rings (SSSR count). The molecule has 0 spiro atoms. The molecule has 0 heterocycles. The normalized spacial score (nSPS) is 8.86. The van der Waals surface area contributed by atoms with Crippen LogP contribution in [0.2, 0.25) is 13.1 Å². The quantitative estimate of drug-likeness (QED) is 0.373. The predicted octanol–water partition coefficient (Wildman–Crippen LogP) is 2.08. The highest BCUT2D eigenvalue weighted by Crippen LogP contribution is 1.97. The van der Waals surface area contributed by atoms with Crippen molar-refractivity contribution in [3.05, 3.63) is 0 Å². The van der Waals surface area contributed by atoms with Crippen molar-refractivity contribution in [1.82, 2.24) is 0 Å². The monoisotopic (exact) mass is 98.1 g/mol. The van der Waals surface area contributed by atoms with Gasteiger partial charge in [-0.25, -0.2) is 0 Å². The summed E-state index contributed by atoms with van der Waals surface area (Å²) in [6, 6.07) is 0. The van der Waals surface area contributed by atoms with Gasteiger partial charge in [0, 0.05) is 0 Å². The Bertz CT molecular complexity index is 23.4. The molecule has 0 unspecified atom stereocenters. The largest absolute Gasteiger partial charge is 0.117 e. The number of hydrogen-bond donors (Lipinski definition) is 0. The van der Waals surface area contributed by atoms with Crippen molar-refractivity contribution in [2.45, 2.75) is 39.3 Å². The van der Waals surface area contributed by atoms with Gasteiger partial charge in [-0.1, -0.05) is 39.3 Å². The molecule has 0 nitrogen and oxygen atoms in total. The summed E-state index contributed by atoms with van der Waals surface area (Å²) in [5.74, 6) is 0. The standard InChI is InChI=1S/C6H15B/c1-3-4-5-6-7-2/h7H,3-6H2,1-2H3. The first-order valence-corrected chi connectivity index (χ1v) is 3.41. The minimum atomic E-state index is 1.36. The maximum absolute atomic E-state index is 2.25. The van der Waals surface area contributed by atoms with Crippen molar-refractivity contribution >= 4 is 7.28 Å². The van der Waals surface area contributed by atoms with Crippen LogP contribution in [0.3, 0.4) is 0 Å². The van der Waals surface area contributed by atoms with Crippen LogP contribution >= 0.6 is 0 Å². The second kappa shape index (κ2) is 6.06. The molecule has 0 aromatic rings. The molecule has 0 aliphatic heterocycles. The lowest BCUT2D eigenvalue weighted by molar-refractivity contribution is 0.769. The van der Waals surface area contributed by atoms with E-state index in [1.807, 2.05) is 0 Å². The molecule has 7 heavy (non-hydrogen) atoms. The van der Waals surface area contributed by atoms with Crippen LogP contribution in [0.4, 0.5) is 0 Å². The Kier molecular flexibility index (Phi) is 6.12. The van der Waals surface area contributed by atoms with E-state index in [1.165, 1.54) is 32.9 Å². The Morgan fingerprint density at radius 2 is 2.00 bits per heavy atom. The van der Waals surface area contributed by atoms with Gasteiger partial charge in [-0.15, -0.1) is 0 Å². The summed E-state index contributed by atoms with van der Waals surface area (Å²) in [4.78, 5) is 0. The van der Waals surface area contributed by atoms with Crippen molar-refractivity contribution in [1.29, 1.82) is 0 Å². The van der Waals surface area contributed by atoms with Crippen molar-refractivity contribution in [2.24, 2.45) is 0 Å². The molecule has 0 N–H and O–H groups in total. The highest BCUT2D eigenvalue weighted by Gasteiger charge is 1.81. The first-order chi connectivity index (χ1) is 3.41. The SMILES string of the molecule is CBCCCCC. The fourth-order valence-corrected chi connectivity index (χ4v) is 0.677. The Labute approximate surface area is 47.6 Å². The summed E-state index contributed by atoms with van der Waals surface area (Å²) in [6.07, 6.45) is 5.65. The molecule has 0 aliphatic carbocycles. The fourth-order valence-electron chi connectivity index (χ4n) is 0.677. The Morgan fingerprint density at radius 1 is 1.29 bits per heavy atom. The highest BCUT2D eigenvalue weighted by molar-refractivity contribution is 6.33. The van der Waals surface area contributed by atoms with E-state index in [0.717, 1.165) is 0 Å². The van der Waals surface area contributed by atoms with Crippen LogP contribution in [0, 0.1) is 0 Å². The maximum atomic E-state index is 2.25. The molecule has 0 aliphatic rings. The first-order valence-electron chi connectivity index (χ1n) is 3.41. The van der Waals surface area contributed by atoms with Crippen LogP contribution in [0.15, 0.2) is 0 Å². The van der Waals surface area contributed by atoms with Gasteiger partial charge in [0.05, 0.1) is 0 Å². The topological polar surface area (TPSA) is 0 Å². The van der Waals surface area contributed by atoms with Crippen LogP contribution in [-0.4, -0.2) is 7.28 Å². The summed E-state index contributed by atoms with van der Waals surface area (Å²) >= 11 is 0. The lowest BCUT2D eigenvalue weighted by Crippen LogP contribution is -1.79. The molecule has 0 atom stereocenters. The fraction of sp³-hybridized carbons (Fsp3) is 1.00. The van der Waals surface area contributed by atoms with Crippen molar-refractivity contribution in [3.8, 4) is 0 Å². The van der Waals surface area contributed by atoms with E-state index in [9.17, 15) is 0 Å². The minimum Gasteiger partial charge on any atom is -0.0893 e. The Balaban J connectivity index is 2.45. The second-order valence-electron chi connectivity index (χ2n) is 2.06. The lowest BCUT2D eigenvalue weighted by Gasteiger charge is -1.89. The molecular formula is C6H15B. The van der Waals surface area contributed by atoms with E-state index in [2.05, 4.69) is 13.7 Å². The Hall–Kier alpha value is 0.0649.